The molecular weight excluding hydrogens is 264 g/mol. The summed E-state index contributed by atoms with van der Waals surface area (Å²) in [6, 6.07) is 11.7. The summed E-state index contributed by atoms with van der Waals surface area (Å²) < 4.78 is 10.8. The summed E-state index contributed by atoms with van der Waals surface area (Å²) in [6.07, 6.45) is 3.35. The SMILES string of the molecule is C=C(/C=C1/COCc2ccccc21)CC(O)c1ccco1. The summed E-state index contributed by atoms with van der Waals surface area (Å²) in [7, 11) is 0. The Kier molecular flexibility index (Phi) is 4.04. The Morgan fingerprint density at radius 1 is 1.24 bits per heavy atom. The van der Waals surface area contributed by atoms with Crippen molar-refractivity contribution < 1.29 is 14.3 Å². The average Bonchev–Trinajstić information content (AvgIpc) is 3.02. The lowest BCUT2D eigenvalue weighted by Crippen LogP contribution is -2.09. The predicted octanol–water partition coefficient (Wildman–Crippen LogP) is 3.87. The van der Waals surface area contributed by atoms with Crippen LogP contribution >= 0.6 is 0 Å². The predicted molar refractivity (Wildman–Crippen MR) is 81.5 cm³/mol. The summed E-state index contributed by atoms with van der Waals surface area (Å²) in [4.78, 5) is 0. The van der Waals surface area contributed by atoms with Crippen LogP contribution in [0.1, 0.15) is 29.4 Å². The molecule has 0 bridgehead atoms. The van der Waals surface area contributed by atoms with Gasteiger partial charge in [-0.15, -0.1) is 0 Å². The van der Waals surface area contributed by atoms with E-state index in [4.69, 9.17) is 9.15 Å². The summed E-state index contributed by atoms with van der Waals surface area (Å²) >= 11 is 0. The fourth-order valence-electron chi connectivity index (χ4n) is 2.56. The van der Waals surface area contributed by atoms with Crippen molar-refractivity contribution in [3.8, 4) is 0 Å². The molecule has 1 atom stereocenters. The van der Waals surface area contributed by atoms with Crippen LogP contribution in [0.2, 0.25) is 0 Å². The van der Waals surface area contributed by atoms with Gasteiger partial charge in [0.25, 0.3) is 0 Å². The van der Waals surface area contributed by atoms with E-state index in [9.17, 15) is 5.11 Å². The number of benzene rings is 1. The molecular formula is C18H18O3. The number of ether oxygens (including phenoxy) is 1. The normalized spacial score (nSPS) is 17.5. The van der Waals surface area contributed by atoms with Crippen LogP contribution in [-0.2, 0) is 11.3 Å². The highest BCUT2D eigenvalue weighted by molar-refractivity contribution is 5.72. The average molecular weight is 282 g/mol. The third-order valence-corrected chi connectivity index (χ3v) is 3.58. The topological polar surface area (TPSA) is 42.6 Å². The molecule has 0 fully saturated rings. The highest BCUT2D eigenvalue weighted by Crippen LogP contribution is 2.28. The quantitative estimate of drug-likeness (QED) is 0.925. The van der Waals surface area contributed by atoms with Gasteiger partial charge in [-0.3, -0.25) is 0 Å². The first kappa shape index (κ1) is 13.9. The van der Waals surface area contributed by atoms with Crippen molar-refractivity contribution >= 4 is 5.57 Å². The van der Waals surface area contributed by atoms with Gasteiger partial charge in [-0.05, 0) is 28.8 Å². The Bertz CT molecular complexity index is 653. The van der Waals surface area contributed by atoms with Crippen molar-refractivity contribution in [3.05, 3.63) is 77.8 Å². The maximum Gasteiger partial charge on any atom is 0.132 e. The lowest BCUT2D eigenvalue weighted by molar-refractivity contribution is 0.145. The fraction of sp³-hybridized carbons (Fsp3) is 0.222. The molecule has 1 aromatic carbocycles. The molecule has 3 rings (SSSR count). The van der Waals surface area contributed by atoms with Gasteiger partial charge in [-0.2, -0.15) is 0 Å². The largest absolute Gasteiger partial charge is 0.467 e. The second kappa shape index (κ2) is 6.12. The standard InChI is InChI=1S/C18H18O3/c1-13(10-17(19)18-7-4-8-21-18)9-15-12-20-11-14-5-2-3-6-16(14)15/h2-9,17,19H,1,10-12H2/b15-9-. The van der Waals surface area contributed by atoms with E-state index in [-0.39, 0.29) is 0 Å². The molecule has 3 heteroatoms. The Morgan fingerprint density at radius 2 is 2.10 bits per heavy atom. The number of aliphatic hydroxyl groups excluding tert-OH is 1. The van der Waals surface area contributed by atoms with Crippen LogP contribution in [0, 0.1) is 0 Å². The minimum absolute atomic E-state index is 0.444. The molecule has 1 aromatic heterocycles. The number of hydrogen-bond acceptors (Lipinski definition) is 3. The molecule has 0 spiro atoms. The van der Waals surface area contributed by atoms with Crippen LogP contribution in [0.4, 0.5) is 0 Å². The van der Waals surface area contributed by atoms with Crippen molar-refractivity contribution in [1.82, 2.24) is 0 Å². The first-order chi connectivity index (χ1) is 10.2. The number of furan rings is 1. The van der Waals surface area contributed by atoms with Gasteiger partial charge in [0, 0.05) is 6.42 Å². The smallest absolute Gasteiger partial charge is 0.132 e. The van der Waals surface area contributed by atoms with Gasteiger partial charge in [-0.25, -0.2) is 0 Å². The van der Waals surface area contributed by atoms with Crippen LogP contribution in [0.15, 0.2) is 65.3 Å². The fourth-order valence-corrected chi connectivity index (χ4v) is 2.56. The van der Waals surface area contributed by atoms with Crippen LogP contribution in [-0.4, -0.2) is 11.7 Å². The third kappa shape index (κ3) is 3.15. The maximum absolute atomic E-state index is 10.1. The van der Waals surface area contributed by atoms with Gasteiger partial charge in [-0.1, -0.05) is 42.5 Å². The first-order valence-electron chi connectivity index (χ1n) is 7.00. The molecule has 0 radical (unpaired) electrons. The van der Waals surface area contributed by atoms with E-state index in [0.29, 0.717) is 25.4 Å². The number of hydrogen-bond donors (Lipinski definition) is 1. The van der Waals surface area contributed by atoms with E-state index in [2.05, 4.69) is 18.7 Å². The summed E-state index contributed by atoms with van der Waals surface area (Å²) in [6.45, 7) is 5.26. The Labute approximate surface area is 124 Å². The van der Waals surface area contributed by atoms with Crippen LogP contribution in [0.3, 0.4) is 0 Å². The molecule has 1 aliphatic rings. The molecule has 0 saturated carbocycles. The van der Waals surface area contributed by atoms with E-state index < -0.39 is 6.10 Å². The molecule has 1 aliphatic heterocycles. The molecule has 0 amide bonds. The molecule has 1 N–H and O–H groups in total. The summed E-state index contributed by atoms with van der Waals surface area (Å²) in [5.41, 5.74) is 4.36. The van der Waals surface area contributed by atoms with Gasteiger partial charge in [0.2, 0.25) is 0 Å². The van der Waals surface area contributed by atoms with E-state index in [0.717, 1.165) is 11.1 Å². The second-order valence-electron chi connectivity index (χ2n) is 5.21. The zero-order valence-corrected chi connectivity index (χ0v) is 11.8. The van der Waals surface area contributed by atoms with E-state index in [1.165, 1.54) is 11.1 Å². The third-order valence-electron chi connectivity index (χ3n) is 3.58. The molecule has 2 heterocycles. The Hall–Kier alpha value is -2.10. The van der Waals surface area contributed by atoms with Crippen LogP contribution in [0.5, 0.6) is 0 Å². The molecule has 0 saturated heterocycles. The monoisotopic (exact) mass is 282 g/mol. The van der Waals surface area contributed by atoms with Gasteiger partial charge in [0.15, 0.2) is 0 Å². The van der Waals surface area contributed by atoms with Crippen molar-refractivity contribution in [3.63, 3.8) is 0 Å². The minimum Gasteiger partial charge on any atom is -0.467 e. The van der Waals surface area contributed by atoms with Gasteiger partial charge >= 0.3 is 0 Å². The zero-order chi connectivity index (χ0) is 14.7. The number of rotatable bonds is 4. The van der Waals surface area contributed by atoms with E-state index in [1.54, 1.807) is 18.4 Å². The van der Waals surface area contributed by atoms with Gasteiger partial charge in [0.05, 0.1) is 19.5 Å². The van der Waals surface area contributed by atoms with Crippen molar-refractivity contribution in [2.45, 2.75) is 19.1 Å². The van der Waals surface area contributed by atoms with Gasteiger partial charge < -0.3 is 14.3 Å². The molecule has 3 nitrogen and oxygen atoms in total. The van der Waals surface area contributed by atoms with Crippen LogP contribution < -0.4 is 0 Å². The van der Waals surface area contributed by atoms with Crippen molar-refractivity contribution in [2.75, 3.05) is 6.61 Å². The first-order valence-corrected chi connectivity index (χ1v) is 7.00. The van der Waals surface area contributed by atoms with Crippen molar-refractivity contribution in [1.29, 1.82) is 0 Å². The zero-order valence-electron chi connectivity index (χ0n) is 11.8. The molecule has 2 aromatic rings. The molecule has 21 heavy (non-hydrogen) atoms. The van der Waals surface area contributed by atoms with Crippen molar-refractivity contribution in [2.24, 2.45) is 0 Å². The molecule has 108 valence electrons. The Balaban J connectivity index is 1.75. The van der Waals surface area contributed by atoms with Crippen LogP contribution in [0.25, 0.3) is 5.57 Å². The van der Waals surface area contributed by atoms with Gasteiger partial charge in [0.1, 0.15) is 11.9 Å². The summed E-state index contributed by atoms with van der Waals surface area (Å²) in [5.74, 6) is 0.565. The highest BCUT2D eigenvalue weighted by atomic mass is 16.5. The number of aliphatic hydroxyl groups is 1. The van der Waals surface area contributed by atoms with E-state index in [1.807, 2.05) is 18.2 Å². The maximum atomic E-state index is 10.1. The van der Waals surface area contributed by atoms with E-state index >= 15 is 0 Å². The minimum atomic E-state index is -0.663. The highest BCUT2D eigenvalue weighted by Gasteiger charge is 2.15. The lowest BCUT2D eigenvalue weighted by atomic mass is 9.95. The summed E-state index contributed by atoms with van der Waals surface area (Å²) in [5, 5.41) is 10.1. The Morgan fingerprint density at radius 3 is 2.90 bits per heavy atom. The lowest BCUT2D eigenvalue weighted by Gasteiger charge is -2.20. The molecule has 0 aliphatic carbocycles. The second-order valence-corrected chi connectivity index (χ2v) is 5.21. The molecule has 1 unspecified atom stereocenters. The number of allylic oxidation sites excluding steroid dienone is 1. The number of fused-ring (bicyclic) bond motifs is 1.